The van der Waals surface area contributed by atoms with E-state index in [2.05, 4.69) is 43.1 Å². The van der Waals surface area contributed by atoms with Crippen LogP contribution in [0.2, 0.25) is 0 Å². The van der Waals surface area contributed by atoms with Crippen LogP contribution in [0.5, 0.6) is 0 Å². The lowest BCUT2D eigenvalue weighted by molar-refractivity contribution is 0.185. The summed E-state index contributed by atoms with van der Waals surface area (Å²) in [5.74, 6) is 0.802. The van der Waals surface area contributed by atoms with Gasteiger partial charge in [-0.05, 0) is 59.7 Å². The van der Waals surface area contributed by atoms with Gasteiger partial charge in [-0.25, -0.2) is 0 Å². The summed E-state index contributed by atoms with van der Waals surface area (Å²) in [7, 11) is 4.22. The summed E-state index contributed by atoms with van der Waals surface area (Å²) in [5.41, 5.74) is 2.58. The fourth-order valence-corrected chi connectivity index (χ4v) is 3.09. The van der Waals surface area contributed by atoms with Gasteiger partial charge in [-0.3, -0.25) is 4.68 Å². The molecule has 0 aliphatic carbocycles. The van der Waals surface area contributed by atoms with E-state index in [0.29, 0.717) is 12.1 Å². The van der Waals surface area contributed by atoms with Crippen molar-refractivity contribution in [2.24, 2.45) is 13.0 Å². The van der Waals surface area contributed by atoms with Gasteiger partial charge < -0.3 is 10.2 Å². The lowest BCUT2D eigenvalue weighted by atomic mass is 9.90. The van der Waals surface area contributed by atoms with Crippen molar-refractivity contribution in [3.63, 3.8) is 0 Å². The number of rotatable bonds is 4. The maximum absolute atomic E-state index is 4.34. The third kappa shape index (κ3) is 3.37. The number of piperidine rings is 1. The Morgan fingerprint density at radius 3 is 2.42 bits per heavy atom. The molecule has 0 aromatic carbocycles. The zero-order valence-electron chi connectivity index (χ0n) is 13.0. The molecule has 1 aliphatic heterocycles. The lowest BCUT2D eigenvalue weighted by Gasteiger charge is -2.34. The maximum atomic E-state index is 4.34. The minimum atomic E-state index is 0.378. The van der Waals surface area contributed by atoms with Crippen LogP contribution < -0.4 is 5.32 Å². The highest BCUT2D eigenvalue weighted by Gasteiger charge is 2.24. The van der Waals surface area contributed by atoms with Gasteiger partial charge in [0.05, 0.1) is 6.20 Å². The van der Waals surface area contributed by atoms with Crippen LogP contribution in [0.4, 0.5) is 0 Å². The van der Waals surface area contributed by atoms with Gasteiger partial charge in [-0.2, -0.15) is 5.10 Å². The van der Waals surface area contributed by atoms with Crippen LogP contribution in [0.25, 0.3) is 0 Å². The van der Waals surface area contributed by atoms with Crippen LogP contribution in [-0.4, -0.2) is 40.9 Å². The first-order valence-electron chi connectivity index (χ1n) is 7.42. The van der Waals surface area contributed by atoms with E-state index in [1.54, 1.807) is 0 Å². The van der Waals surface area contributed by atoms with Crippen molar-refractivity contribution >= 4 is 0 Å². The molecule has 108 valence electrons. The fraction of sp³-hybridized carbons (Fsp3) is 0.800. The molecular formula is C15H28N4. The summed E-state index contributed by atoms with van der Waals surface area (Å²) in [6.07, 6.45) is 4.61. The van der Waals surface area contributed by atoms with Crippen LogP contribution >= 0.6 is 0 Å². The molecule has 0 amide bonds. The van der Waals surface area contributed by atoms with Crippen LogP contribution in [0.15, 0.2) is 6.20 Å². The van der Waals surface area contributed by atoms with Crippen molar-refractivity contribution in [2.75, 3.05) is 20.1 Å². The van der Waals surface area contributed by atoms with Gasteiger partial charge in [-0.15, -0.1) is 0 Å². The molecule has 0 saturated carbocycles. The molecular weight excluding hydrogens is 236 g/mol. The number of aromatic nitrogens is 2. The summed E-state index contributed by atoms with van der Waals surface area (Å²) >= 11 is 0. The molecule has 4 heteroatoms. The monoisotopic (exact) mass is 264 g/mol. The van der Waals surface area contributed by atoms with E-state index in [9.17, 15) is 0 Å². The minimum absolute atomic E-state index is 0.378. The van der Waals surface area contributed by atoms with Gasteiger partial charge >= 0.3 is 0 Å². The van der Waals surface area contributed by atoms with Crippen molar-refractivity contribution < 1.29 is 0 Å². The second kappa shape index (κ2) is 6.06. The van der Waals surface area contributed by atoms with E-state index in [0.717, 1.165) is 5.92 Å². The van der Waals surface area contributed by atoms with E-state index >= 15 is 0 Å². The van der Waals surface area contributed by atoms with Gasteiger partial charge in [-0.1, -0.05) is 0 Å². The highest BCUT2D eigenvalue weighted by atomic mass is 15.3. The van der Waals surface area contributed by atoms with Gasteiger partial charge in [0.25, 0.3) is 0 Å². The molecule has 19 heavy (non-hydrogen) atoms. The van der Waals surface area contributed by atoms with E-state index < -0.39 is 0 Å². The van der Waals surface area contributed by atoms with Crippen molar-refractivity contribution in [1.29, 1.82) is 0 Å². The first-order chi connectivity index (χ1) is 8.99. The SMILES string of the molecule is Cc1c(C(C)NC(C)C2CCN(C)CC2)cnn1C. The average Bonchev–Trinajstić information content (AvgIpc) is 2.70. The van der Waals surface area contributed by atoms with E-state index in [1.807, 2.05) is 17.9 Å². The predicted molar refractivity (Wildman–Crippen MR) is 79.2 cm³/mol. The molecule has 1 aromatic rings. The Labute approximate surface area is 117 Å². The Kier molecular flexibility index (Phi) is 4.63. The molecule has 1 fully saturated rings. The quantitative estimate of drug-likeness (QED) is 0.904. The first kappa shape index (κ1) is 14.5. The van der Waals surface area contributed by atoms with Crippen LogP contribution in [0.1, 0.15) is 44.0 Å². The fourth-order valence-electron chi connectivity index (χ4n) is 3.09. The number of hydrogen-bond donors (Lipinski definition) is 1. The molecule has 1 aliphatic rings. The number of hydrogen-bond acceptors (Lipinski definition) is 3. The van der Waals surface area contributed by atoms with Gasteiger partial charge in [0.2, 0.25) is 0 Å². The normalized spacial score (nSPS) is 21.5. The van der Waals surface area contributed by atoms with Crippen LogP contribution in [0, 0.1) is 12.8 Å². The lowest BCUT2D eigenvalue weighted by Crippen LogP contribution is -2.41. The topological polar surface area (TPSA) is 33.1 Å². The molecule has 1 saturated heterocycles. The minimum Gasteiger partial charge on any atom is -0.307 e. The number of aryl methyl sites for hydroxylation is 1. The Morgan fingerprint density at radius 1 is 1.26 bits per heavy atom. The standard InChI is InChI=1S/C15H28N4/c1-11(14-6-8-18(4)9-7-14)17-12(2)15-10-16-19(5)13(15)3/h10-12,14,17H,6-9H2,1-5H3. The van der Waals surface area contributed by atoms with Gasteiger partial charge in [0.15, 0.2) is 0 Å². The third-order valence-electron chi connectivity index (χ3n) is 4.72. The molecule has 2 unspecified atom stereocenters. The van der Waals surface area contributed by atoms with E-state index in [-0.39, 0.29) is 0 Å². The Bertz CT molecular complexity index is 404. The molecule has 0 spiro atoms. The third-order valence-corrected chi connectivity index (χ3v) is 4.72. The van der Waals surface area contributed by atoms with Crippen LogP contribution in [0.3, 0.4) is 0 Å². The second-order valence-electron chi connectivity index (χ2n) is 6.13. The molecule has 1 aromatic heterocycles. The van der Waals surface area contributed by atoms with Crippen molar-refractivity contribution in [2.45, 2.75) is 45.7 Å². The van der Waals surface area contributed by atoms with Crippen molar-refractivity contribution in [3.8, 4) is 0 Å². The number of likely N-dealkylation sites (tertiary alicyclic amines) is 1. The largest absolute Gasteiger partial charge is 0.307 e. The molecule has 1 N–H and O–H groups in total. The molecule has 4 nitrogen and oxygen atoms in total. The molecule has 2 heterocycles. The second-order valence-corrected chi connectivity index (χ2v) is 6.13. The number of nitrogens with zero attached hydrogens (tertiary/aromatic N) is 3. The maximum Gasteiger partial charge on any atom is 0.0540 e. The average molecular weight is 264 g/mol. The summed E-state index contributed by atoms with van der Waals surface area (Å²) in [5, 5.41) is 8.10. The molecule has 0 radical (unpaired) electrons. The predicted octanol–water partition coefficient (Wildman–Crippen LogP) is 2.11. The van der Waals surface area contributed by atoms with Gasteiger partial charge in [0.1, 0.15) is 0 Å². The van der Waals surface area contributed by atoms with Gasteiger partial charge in [0, 0.05) is 30.4 Å². The summed E-state index contributed by atoms with van der Waals surface area (Å²) in [6.45, 7) is 9.18. The highest BCUT2D eigenvalue weighted by molar-refractivity contribution is 5.19. The molecule has 2 atom stereocenters. The zero-order chi connectivity index (χ0) is 14.0. The van der Waals surface area contributed by atoms with E-state index in [1.165, 1.54) is 37.2 Å². The smallest absolute Gasteiger partial charge is 0.0540 e. The highest BCUT2D eigenvalue weighted by Crippen LogP contribution is 2.23. The summed E-state index contributed by atoms with van der Waals surface area (Å²) in [6, 6.07) is 0.951. The van der Waals surface area contributed by atoms with Crippen molar-refractivity contribution in [1.82, 2.24) is 20.0 Å². The van der Waals surface area contributed by atoms with Crippen molar-refractivity contribution in [3.05, 3.63) is 17.5 Å². The summed E-state index contributed by atoms with van der Waals surface area (Å²) < 4.78 is 1.95. The molecule has 0 bridgehead atoms. The van der Waals surface area contributed by atoms with E-state index in [4.69, 9.17) is 0 Å². The van der Waals surface area contributed by atoms with Crippen LogP contribution in [-0.2, 0) is 7.05 Å². The first-order valence-corrected chi connectivity index (χ1v) is 7.42. The number of nitrogens with one attached hydrogen (secondary N) is 1. The summed E-state index contributed by atoms with van der Waals surface area (Å²) in [4.78, 5) is 2.43. The Hall–Kier alpha value is -0.870. The Balaban J connectivity index is 1.91. The molecule has 2 rings (SSSR count). The Morgan fingerprint density at radius 2 is 1.89 bits per heavy atom. The zero-order valence-corrected chi connectivity index (χ0v) is 13.0.